The minimum Gasteiger partial charge on any atom is -0.322 e. The van der Waals surface area contributed by atoms with E-state index in [1.807, 2.05) is 0 Å². The highest BCUT2D eigenvalue weighted by Crippen LogP contribution is 2.36. The molecule has 0 aromatic heterocycles. The average molecular weight is 357 g/mol. The van der Waals surface area contributed by atoms with E-state index in [2.05, 4.69) is 27.3 Å². The number of carbonyl (C=O) groups is 1. The second-order valence-electron chi connectivity index (χ2n) is 5.31. The molecule has 1 amide bonds. The first-order chi connectivity index (χ1) is 9.98. The van der Waals surface area contributed by atoms with E-state index in [1.54, 1.807) is 0 Å². The molecule has 6 heteroatoms. The maximum atomic E-state index is 13.8. The number of carbonyl (C=O) groups excluding carboxylic acids is 1. The molecular formula is C15H15BrF2N2O. The first-order valence-electron chi connectivity index (χ1n) is 6.86. The maximum Gasteiger partial charge on any atom is 0.244 e. The number of nitrogens with zero attached hydrogens (tertiary/aromatic N) is 1. The van der Waals surface area contributed by atoms with Crippen LogP contribution in [0.1, 0.15) is 38.5 Å². The quantitative estimate of drug-likeness (QED) is 0.625. The summed E-state index contributed by atoms with van der Waals surface area (Å²) in [7, 11) is 0. The van der Waals surface area contributed by atoms with Crippen LogP contribution in [0.5, 0.6) is 0 Å². The van der Waals surface area contributed by atoms with Crippen molar-refractivity contribution in [2.45, 2.75) is 38.5 Å². The first kappa shape index (κ1) is 15.9. The molecule has 1 N–H and O–H groups in total. The molecule has 1 aromatic carbocycles. The van der Waals surface area contributed by atoms with E-state index in [-0.39, 0.29) is 10.2 Å². The van der Waals surface area contributed by atoms with Crippen molar-refractivity contribution in [3.8, 4) is 6.07 Å². The van der Waals surface area contributed by atoms with Crippen LogP contribution in [0, 0.1) is 28.4 Å². The van der Waals surface area contributed by atoms with Gasteiger partial charge in [0.05, 0.1) is 16.2 Å². The fourth-order valence-electron chi connectivity index (χ4n) is 2.58. The molecule has 0 unspecified atom stereocenters. The third kappa shape index (κ3) is 3.41. The van der Waals surface area contributed by atoms with Crippen LogP contribution in [-0.2, 0) is 4.79 Å². The van der Waals surface area contributed by atoms with Crippen LogP contribution in [0.15, 0.2) is 16.6 Å². The summed E-state index contributed by atoms with van der Waals surface area (Å²) in [4.78, 5) is 12.4. The topological polar surface area (TPSA) is 52.9 Å². The van der Waals surface area contributed by atoms with Crippen LogP contribution in [0.25, 0.3) is 0 Å². The number of nitrogens with one attached hydrogen (secondary N) is 1. The smallest absolute Gasteiger partial charge is 0.244 e. The van der Waals surface area contributed by atoms with Crippen molar-refractivity contribution < 1.29 is 13.6 Å². The van der Waals surface area contributed by atoms with Crippen molar-refractivity contribution in [3.63, 3.8) is 0 Å². The number of benzene rings is 1. The fourth-order valence-corrected chi connectivity index (χ4v) is 2.90. The second kappa shape index (κ2) is 6.52. The zero-order chi connectivity index (χ0) is 15.5. The third-order valence-corrected chi connectivity index (χ3v) is 4.47. The molecule has 1 aliphatic carbocycles. The molecule has 1 aliphatic rings. The zero-order valence-corrected chi connectivity index (χ0v) is 13.0. The molecule has 0 atom stereocenters. The van der Waals surface area contributed by atoms with Gasteiger partial charge >= 0.3 is 0 Å². The van der Waals surface area contributed by atoms with Gasteiger partial charge in [0.15, 0.2) is 0 Å². The normalized spacial score (nSPS) is 17.6. The Morgan fingerprint density at radius 2 is 1.81 bits per heavy atom. The van der Waals surface area contributed by atoms with E-state index < -0.39 is 23.0 Å². The van der Waals surface area contributed by atoms with Crippen molar-refractivity contribution in [1.82, 2.24) is 0 Å². The van der Waals surface area contributed by atoms with Gasteiger partial charge in [0, 0.05) is 6.07 Å². The molecular weight excluding hydrogens is 342 g/mol. The number of hydrogen-bond acceptors (Lipinski definition) is 2. The summed E-state index contributed by atoms with van der Waals surface area (Å²) in [5.74, 6) is -1.95. The van der Waals surface area contributed by atoms with Gasteiger partial charge < -0.3 is 5.32 Å². The van der Waals surface area contributed by atoms with Crippen molar-refractivity contribution in [2.24, 2.45) is 5.41 Å². The molecule has 1 aromatic rings. The molecule has 0 bridgehead atoms. The standard InChI is InChI=1S/C15H15BrF2N2O/c16-10-7-12(18)13(8-11(10)17)20-14(21)15(9-19)5-3-1-2-4-6-15/h7-8H,1-6H2,(H,20,21). The predicted octanol–water partition coefficient (Wildman–Crippen LogP) is 4.53. The molecule has 0 saturated heterocycles. The molecule has 0 spiro atoms. The van der Waals surface area contributed by atoms with Crippen molar-refractivity contribution in [3.05, 3.63) is 28.2 Å². The fraction of sp³-hybridized carbons (Fsp3) is 0.467. The maximum absolute atomic E-state index is 13.8. The lowest BCUT2D eigenvalue weighted by Gasteiger charge is -2.23. The summed E-state index contributed by atoms with van der Waals surface area (Å²) in [5.41, 5.74) is -1.38. The predicted molar refractivity (Wildman–Crippen MR) is 78.4 cm³/mol. The van der Waals surface area contributed by atoms with Crippen molar-refractivity contribution in [2.75, 3.05) is 5.32 Å². The Labute approximate surface area is 130 Å². The Morgan fingerprint density at radius 3 is 2.38 bits per heavy atom. The van der Waals surface area contributed by atoms with Crippen molar-refractivity contribution in [1.29, 1.82) is 5.26 Å². The minimum absolute atomic E-state index is 0.0116. The lowest BCUT2D eigenvalue weighted by atomic mass is 9.81. The molecule has 2 rings (SSSR count). The number of hydrogen-bond donors (Lipinski definition) is 1. The molecule has 21 heavy (non-hydrogen) atoms. The van der Waals surface area contributed by atoms with Crippen LogP contribution < -0.4 is 5.32 Å². The molecule has 0 heterocycles. The first-order valence-corrected chi connectivity index (χ1v) is 7.65. The van der Waals surface area contributed by atoms with Gasteiger partial charge in [-0.25, -0.2) is 8.78 Å². The highest BCUT2D eigenvalue weighted by molar-refractivity contribution is 9.10. The van der Waals surface area contributed by atoms with E-state index in [4.69, 9.17) is 0 Å². The monoisotopic (exact) mass is 356 g/mol. The Bertz CT molecular complexity index is 590. The van der Waals surface area contributed by atoms with Gasteiger partial charge in [0.2, 0.25) is 5.91 Å². The second-order valence-corrected chi connectivity index (χ2v) is 6.16. The molecule has 3 nitrogen and oxygen atoms in total. The van der Waals surface area contributed by atoms with Crippen LogP contribution in [-0.4, -0.2) is 5.91 Å². The molecule has 0 radical (unpaired) electrons. The van der Waals surface area contributed by atoms with Crippen LogP contribution >= 0.6 is 15.9 Å². The Morgan fingerprint density at radius 1 is 1.19 bits per heavy atom. The summed E-state index contributed by atoms with van der Waals surface area (Å²) in [6.45, 7) is 0. The lowest BCUT2D eigenvalue weighted by molar-refractivity contribution is -0.123. The van der Waals surface area contributed by atoms with Gasteiger partial charge in [0.25, 0.3) is 0 Å². The highest BCUT2D eigenvalue weighted by Gasteiger charge is 2.39. The lowest BCUT2D eigenvalue weighted by Crippen LogP contribution is -2.35. The van der Waals surface area contributed by atoms with E-state index in [9.17, 15) is 18.8 Å². The highest BCUT2D eigenvalue weighted by atomic mass is 79.9. The van der Waals surface area contributed by atoms with Gasteiger partial charge in [-0.2, -0.15) is 5.26 Å². The van der Waals surface area contributed by atoms with E-state index in [0.29, 0.717) is 12.8 Å². The van der Waals surface area contributed by atoms with Crippen molar-refractivity contribution >= 4 is 27.5 Å². The van der Waals surface area contributed by atoms with Gasteiger partial charge in [-0.15, -0.1) is 0 Å². The largest absolute Gasteiger partial charge is 0.322 e. The molecule has 0 aliphatic heterocycles. The molecule has 112 valence electrons. The zero-order valence-electron chi connectivity index (χ0n) is 11.4. The van der Waals surface area contributed by atoms with E-state index >= 15 is 0 Å². The SMILES string of the molecule is N#CC1(C(=O)Nc2cc(F)c(Br)cc2F)CCCCCC1. The minimum atomic E-state index is -1.15. The van der Waals surface area contributed by atoms with E-state index in [0.717, 1.165) is 37.8 Å². The number of amides is 1. The summed E-state index contributed by atoms with van der Waals surface area (Å²) >= 11 is 2.88. The van der Waals surface area contributed by atoms with Crippen LogP contribution in [0.3, 0.4) is 0 Å². The Hall–Kier alpha value is -1.48. The number of anilines is 1. The van der Waals surface area contributed by atoms with Crippen LogP contribution in [0.2, 0.25) is 0 Å². The Kier molecular flexibility index (Phi) is 4.94. The summed E-state index contributed by atoms with van der Waals surface area (Å²) in [6.07, 6.45) is 4.46. The average Bonchev–Trinajstić information content (AvgIpc) is 2.71. The third-order valence-electron chi connectivity index (χ3n) is 3.86. The van der Waals surface area contributed by atoms with Gasteiger partial charge in [-0.3, -0.25) is 4.79 Å². The van der Waals surface area contributed by atoms with Gasteiger partial charge in [0.1, 0.15) is 17.0 Å². The number of nitriles is 1. The van der Waals surface area contributed by atoms with Gasteiger partial charge in [-0.1, -0.05) is 25.7 Å². The molecule has 1 saturated carbocycles. The number of halogens is 3. The summed E-state index contributed by atoms with van der Waals surface area (Å²) in [5, 5.41) is 11.8. The molecule has 1 fully saturated rings. The van der Waals surface area contributed by atoms with Crippen LogP contribution in [0.4, 0.5) is 14.5 Å². The number of rotatable bonds is 2. The Balaban J connectivity index is 2.24. The summed E-state index contributed by atoms with van der Waals surface area (Å²) in [6, 6.07) is 3.96. The van der Waals surface area contributed by atoms with E-state index in [1.165, 1.54) is 0 Å². The summed E-state index contributed by atoms with van der Waals surface area (Å²) < 4.78 is 27.2. The van der Waals surface area contributed by atoms with Gasteiger partial charge in [-0.05, 0) is 34.8 Å².